The summed E-state index contributed by atoms with van der Waals surface area (Å²) >= 11 is 0. The molecule has 0 bridgehead atoms. The van der Waals surface area contributed by atoms with Crippen molar-refractivity contribution in [1.29, 1.82) is 0 Å². The van der Waals surface area contributed by atoms with E-state index in [9.17, 15) is 9.59 Å². The molecule has 2 aromatic rings. The molecule has 1 aliphatic rings. The van der Waals surface area contributed by atoms with Crippen molar-refractivity contribution in [2.45, 2.75) is 32.4 Å². The number of rotatable bonds is 6. The summed E-state index contributed by atoms with van der Waals surface area (Å²) in [5, 5.41) is 9.08. The van der Waals surface area contributed by atoms with Crippen LogP contribution in [0.25, 0.3) is 0 Å². The normalized spacial score (nSPS) is 14.7. The van der Waals surface area contributed by atoms with Gasteiger partial charge < -0.3 is 23.9 Å². The highest BCUT2D eigenvalue weighted by Crippen LogP contribution is 2.20. The van der Waals surface area contributed by atoms with Crippen molar-refractivity contribution in [3.8, 4) is 5.75 Å². The fraction of sp³-hybridized carbons (Fsp3) is 0.400. The average molecular weight is 373 g/mol. The number of aryl methyl sites for hydroxylation is 1. The number of ether oxygens (including phenoxy) is 2. The van der Waals surface area contributed by atoms with Gasteiger partial charge in [-0.05, 0) is 37.3 Å². The van der Waals surface area contributed by atoms with Crippen LogP contribution in [0, 0.1) is 6.92 Å². The number of hydrogen-bond acceptors (Lipinski definition) is 5. The monoisotopic (exact) mass is 373 g/mol. The molecule has 1 N–H and O–H groups in total. The second kappa shape index (κ2) is 8.26. The Morgan fingerprint density at radius 3 is 2.48 bits per heavy atom. The van der Waals surface area contributed by atoms with E-state index in [0.717, 1.165) is 18.6 Å². The largest absolute Gasteiger partial charge is 0.490 e. The Kier molecular flexibility index (Phi) is 5.81. The molecular formula is C20H23NO6. The van der Waals surface area contributed by atoms with E-state index in [-0.39, 0.29) is 24.1 Å². The van der Waals surface area contributed by atoms with Crippen LogP contribution in [0.5, 0.6) is 5.75 Å². The number of benzene rings is 1. The van der Waals surface area contributed by atoms with Crippen molar-refractivity contribution in [2.24, 2.45) is 0 Å². The van der Waals surface area contributed by atoms with Gasteiger partial charge in [-0.25, -0.2) is 4.79 Å². The molecule has 7 heteroatoms. The van der Waals surface area contributed by atoms with Gasteiger partial charge in [0.15, 0.2) is 0 Å². The summed E-state index contributed by atoms with van der Waals surface area (Å²) in [4.78, 5) is 25.2. The SMILES string of the molecule is Cc1oc(CN(C)C(=O)c2ccc(OC3CCOCC3)cc2)cc1C(=O)O. The maximum Gasteiger partial charge on any atom is 0.339 e. The van der Waals surface area contributed by atoms with E-state index < -0.39 is 5.97 Å². The topological polar surface area (TPSA) is 89.2 Å². The summed E-state index contributed by atoms with van der Waals surface area (Å²) in [6, 6.07) is 8.48. The van der Waals surface area contributed by atoms with E-state index in [1.165, 1.54) is 11.0 Å². The Bertz CT molecular complexity index is 804. The fourth-order valence-corrected chi connectivity index (χ4v) is 3.02. The molecule has 7 nitrogen and oxygen atoms in total. The van der Waals surface area contributed by atoms with Gasteiger partial charge in [0.1, 0.15) is 28.9 Å². The van der Waals surface area contributed by atoms with E-state index in [1.54, 1.807) is 38.2 Å². The first kappa shape index (κ1) is 19.0. The summed E-state index contributed by atoms with van der Waals surface area (Å²) in [5.74, 6) is 0.261. The van der Waals surface area contributed by atoms with Crippen molar-refractivity contribution >= 4 is 11.9 Å². The zero-order chi connectivity index (χ0) is 19.4. The van der Waals surface area contributed by atoms with Crippen LogP contribution in [-0.4, -0.2) is 48.2 Å². The highest BCUT2D eigenvalue weighted by atomic mass is 16.5. The van der Waals surface area contributed by atoms with Crippen LogP contribution in [0.2, 0.25) is 0 Å². The number of carbonyl (C=O) groups excluding carboxylic acids is 1. The molecule has 1 fully saturated rings. The second-order valence-electron chi connectivity index (χ2n) is 6.60. The van der Waals surface area contributed by atoms with Gasteiger partial charge in [-0.3, -0.25) is 4.79 Å². The number of nitrogens with zero attached hydrogens (tertiary/aromatic N) is 1. The van der Waals surface area contributed by atoms with E-state index in [4.69, 9.17) is 19.0 Å². The maximum atomic E-state index is 12.6. The summed E-state index contributed by atoms with van der Waals surface area (Å²) < 4.78 is 16.7. The first-order valence-electron chi connectivity index (χ1n) is 8.86. The van der Waals surface area contributed by atoms with Crippen molar-refractivity contribution < 1.29 is 28.6 Å². The molecule has 1 saturated heterocycles. The number of amides is 1. The smallest absolute Gasteiger partial charge is 0.339 e. The zero-order valence-corrected chi connectivity index (χ0v) is 15.4. The summed E-state index contributed by atoms with van der Waals surface area (Å²) in [6.07, 6.45) is 1.88. The fourth-order valence-electron chi connectivity index (χ4n) is 3.02. The minimum Gasteiger partial charge on any atom is -0.490 e. The molecule has 1 amide bonds. The third-order valence-electron chi connectivity index (χ3n) is 4.51. The highest BCUT2D eigenvalue weighted by molar-refractivity contribution is 5.94. The Morgan fingerprint density at radius 2 is 1.89 bits per heavy atom. The van der Waals surface area contributed by atoms with E-state index in [1.807, 2.05) is 0 Å². The molecule has 1 aliphatic heterocycles. The van der Waals surface area contributed by atoms with Crippen LogP contribution < -0.4 is 4.74 Å². The van der Waals surface area contributed by atoms with Crippen molar-refractivity contribution in [3.63, 3.8) is 0 Å². The van der Waals surface area contributed by atoms with Gasteiger partial charge in [0.2, 0.25) is 0 Å². The predicted molar refractivity (Wildman–Crippen MR) is 97.1 cm³/mol. The lowest BCUT2D eigenvalue weighted by Crippen LogP contribution is -2.26. The Labute approximate surface area is 157 Å². The minimum atomic E-state index is -1.04. The van der Waals surface area contributed by atoms with Crippen LogP contribution in [0.3, 0.4) is 0 Å². The molecule has 27 heavy (non-hydrogen) atoms. The number of furan rings is 1. The Morgan fingerprint density at radius 1 is 1.22 bits per heavy atom. The predicted octanol–water partition coefficient (Wildman–Crippen LogP) is 3.12. The van der Waals surface area contributed by atoms with Gasteiger partial charge in [0, 0.05) is 25.5 Å². The molecule has 1 aromatic heterocycles. The lowest BCUT2D eigenvalue weighted by atomic mass is 10.1. The number of carbonyl (C=O) groups is 2. The number of hydrogen-bond donors (Lipinski definition) is 1. The third kappa shape index (κ3) is 4.68. The molecular weight excluding hydrogens is 350 g/mol. The van der Waals surface area contributed by atoms with Crippen molar-refractivity contribution in [2.75, 3.05) is 20.3 Å². The van der Waals surface area contributed by atoms with Gasteiger partial charge in [0.05, 0.1) is 19.8 Å². The molecule has 1 aromatic carbocycles. The Hall–Kier alpha value is -2.80. The van der Waals surface area contributed by atoms with Crippen molar-refractivity contribution in [3.05, 3.63) is 53.0 Å². The van der Waals surface area contributed by atoms with Gasteiger partial charge in [-0.1, -0.05) is 0 Å². The molecule has 0 aliphatic carbocycles. The summed E-state index contributed by atoms with van der Waals surface area (Å²) in [6.45, 7) is 3.20. The molecule has 3 rings (SSSR count). The Balaban J connectivity index is 1.60. The minimum absolute atomic E-state index is 0.112. The van der Waals surface area contributed by atoms with E-state index in [0.29, 0.717) is 30.3 Å². The third-order valence-corrected chi connectivity index (χ3v) is 4.51. The first-order valence-corrected chi connectivity index (χ1v) is 8.86. The standard InChI is InChI=1S/C20H23NO6/c1-13-18(20(23)24)11-17(26-13)12-21(2)19(22)14-3-5-15(6-4-14)27-16-7-9-25-10-8-16/h3-6,11,16H,7-10,12H2,1-2H3,(H,23,24). The van der Waals surface area contributed by atoms with Crippen LogP contribution in [0.1, 0.15) is 45.1 Å². The molecule has 0 radical (unpaired) electrons. The quantitative estimate of drug-likeness (QED) is 0.837. The van der Waals surface area contributed by atoms with Gasteiger partial charge in [0.25, 0.3) is 5.91 Å². The van der Waals surface area contributed by atoms with Gasteiger partial charge in [-0.15, -0.1) is 0 Å². The number of carboxylic acids is 1. The zero-order valence-electron chi connectivity index (χ0n) is 15.4. The van der Waals surface area contributed by atoms with E-state index in [2.05, 4.69) is 0 Å². The molecule has 0 saturated carbocycles. The second-order valence-corrected chi connectivity index (χ2v) is 6.60. The lowest BCUT2D eigenvalue weighted by molar-refractivity contribution is 0.0255. The van der Waals surface area contributed by atoms with Crippen LogP contribution in [0.15, 0.2) is 34.7 Å². The first-order chi connectivity index (χ1) is 12.9. The van der Waals surface area contributed by atoms with Crippen molar-refractivity contribution in [1.82, 2.24) is 4.90 Å². The summed E-state index contributed by atoms with van der Waals surface area (Å²) in [5.41, 5.74) is 0.638. The maximum absolute atomic E-state index is 12.6. The van der Waals surface area contributed by atoms with Gasteiger partial charge >= 0.3 is 5.97 Å². The number of carboxylic acid groups (broad SMARTS) is 1. The van der Waals surface area contributed by atoms with E-state index >= 15 is 0 Å². The van der Waals surface area contributed by atoms with Gasteiger partial charge in [-0.2, -0.15) is 0 Å². The number of aromatic carboxylic acids is 1. The molecule has 144 valence electrons. The lowest BCUT2D eigenvalue weighted by Gasteiger charge is -2.23. The molecule has 0 atom stereocenters. The van der Waals surface area contributed by atoms with Crippen LogP contribution in [-0.2, 0) is 11.3 Å². The highest BCUT2D eigenvalue weighted by Gasteiger charge is 2.19. The average Bonchev–Trinajstić information content (AvgIpc) is 3.03. The van der Waals surface area contributed by atoms with Crippen LogP contribution >= 0.6 is 0 Å². The summed E-state index contributed by atoms with van der Waals surface area (Å²) in [7, 11) is 1.65. The molecule has 0 spiro atoms. The molecule has 2 heterocycles. The van der Waals surface area contributed by atoms with Crippen LogP contribution in [0.4, 0.5) is 0 Å². The molecule has 0 unspecified atom stereocenters.